The molecular weight excluding hydrogens is 368 g/mol. The molecule has 0 fully saturated rings. The van der Waals surface area contributed by atoms with Crippen LogP contribution in [-0.2, 0) is 19.7 Å². The molecule has 2 aromatic carbocycles. The zero-order chi connectivity index (χ0) is 20.0. The predicted octanol–water partition coefficient (Wildman–Crippen LogP) is 1.92. The highest BCUT2D eigenvalue weighted by atomic mass is 32.2. The second kappa shape index (κ2) is 9.09. The Morgan fingerprint density at radius 1 is 1.07 bits per heavy atom. The Bertz CT molecular complexity index is 851. The first-order valence-electron chi connectivity index (χ1n) is 8.54. The summed E-state index contributed by atoms with van der Waals surface area (Å²) in [5.74, 6) is -0.894. The topological polar surface area (TPSA) is 110 Å². The lowest BCUT2D eigenvalue weighted by molar-refractivity contribution is -0.160. The molecule has 0 heterocycles. The molecule has 0 radical (unpaired) electrons. The van der Waals surface area contributed by atoms with Gasteiger partial charge in [0.25, 0.3) is 10.0 Å². The minimum Gasteiger partial charge on any atom is -0.396 e. The standard InChI is InChI=1S/C19H24N2O5S/c1-14(2)26-21(18(12-13-22)19(20)23)27(24,25)17-10-8-16(9-11-17)15-6-4-3-5-7-15/h3-11,14,18,22H,12-13H2,1-2H3,(H2,20,23). The number of rotatable bonds is 9. The predicted molar refractivity (Wildman–Crippen MR) is 102 cm³/mol. The van der Waals surface area contributed by atoms with Gasteiger partial charge in [-0.25, -0.2) is 8.42 Å². The first-order chi connectivity index (χ1) is 12.8. The first kappa shape index (κ1) is 21.0. The zero-order valence-corrected chi connectivity index (χ0v) is 16.1. The summed E-state index contributed by atoms with van der Waals surface area (Å²) < 4.78 is 26.7. The summed E-state index contributed by atoms with van der Waals surface area (Å²) >= 11 is 0. The molecule has 0 saturated heterocycles. The Hall–Kier alpha value is -2.26. The van der Waals surface area contributed by atoms with Crippen molar-refractivity contribution in [1.82, 2.24) is 4.47 Å². The number of sulfonamides is 1. The molecule has 7 nitrogen and oxygen atoms in total. The number of aliphatic hydroxyl groups is 1. The van der Waals surface area contributed by atoms with Crippen LogP contribution in [0.5, 0.6) is 0 Å². The summed E-state index contributed by atoms with van der Waals surface area (Å²) in [6.07, 6.45) is -0.674. The summed E-state index contributed by atoms with van der Waals surface area (Å²) in [5, 5.41) is 9.18. The van der Waals surface area contributed by atoms with Crippen LogP contribution in [0, 0.1) is 0 Å². The Labute approximate surface area is 159 Å². The first-order valence-corrected chi connectivity index (χ1v) is 9.98. The molecule has 1 unspecified atom stereocenters. The van der Waals surface area contributed by atoms with Crippen molar-refractivity contribution in [2.75, 3.05) is 6.61 Å². The maximum Gasteiger partial charge on any atom is 0.265 e. The van der Waals surface area contributed by atoms with Crippen LogP contribution in [0.2, 0.25) is 0 Å². The molecule has 0 aliphatic rings. The van der Waals surface area contributed by atoms with Crippen LogP contribution in [0.4, 0.5) is 0 Å². The molecule has 0 aliphatic heterocycles. The number of hydrogen-bond donors (Lipinski definition) is 2. The normalized spacial score (nSPS) is 13.1. The average molecular weight is 392 g/mol. The Kier molecular flexibility index (Phi) is 7.09. The fourth-order valence-electron chi connectivity index (χ4n) is 2.53. The van der Waals surface area contributed by atoms with Crippen molar-refractivity contribution >= 4 is 15.9 Å². The van der Waals surface area contributed by atoms with Crippen LogP contribution in [-0.4, -0.2) is 42.7 Å². The monoisotopic (exact) mass is 392 g/mol. The molecule has 2 aromatic rings. The van der Waals surface area contributed by atoms with Gasteiger partial charge < -0.3 is 10.8 Å². The number of hydrogen-bond acceptors (Lipinski definition) is 5. The number of nitrogens with two attached hydrogens (primary N) is 1. The van der Waals surface area contributed by atoms with E-state index in [1.54, 1.807) is 26.0 Å². The van der Waals surface area contributed by atoms with E-state index in [0.717, 1.165) is 11.1 Å². The van der Waals surface area contributed by atoms with E-state index in [2.05, 4.69) is 0 Å². The summed E-state index contributed by atoms with van der Waals surface area (Å²) in [4.78, 5) is 17.1. The van der Waals surface area contributed by atoms with Gasteiger partial charge in [-0.15, -0.1) is 0 Å². The second-order valence-corrected chi connectivity index (χ2v) is 8.02. The van der Waals surface area contributed by atoms with Crippen molar-refractivity contribution in [3.8, 4) is 11.1 Å². The van der Waals surface area contributed by atoms with Crippen molar-refractivity contribution in [3.05, 3.63) is 54.6 Å². The molecule has 27 heavy (non-hydrogen) atoms. The Morgan fingerprint density at radius 3 is 2.11 bits per heavy atom. The number of primary amides is 1. The van der Waals surface area contributed by atoms with Gasteiger partial charge >= 0.3 is 0 Å². The van der Waals surface area contributed by atoms with Gasteiger partial charge in [0.2, 0.25) is 5.91 Å². The zero-order valence-electron chi connectivity index (χ0n) is 15.3. The lowest BCUT2D eigenvalue weighted by Crippen LogP contribution is -2.49. The van der Waals surface area contributed by atoms with E-state index >= 15 is 0 Å². The van der Waals surface area contributed by atoms with Crippen molar-refractivity contribution in [2.45, 2.75) is 37.3 Å². The highest BCUT2D eigenvalue weighted by molar-refractivity contribution is 7.89. The summed E-state index contributed by atoms with van der Waals surface area (Å²) in [7, 11) is -4.16. The van der Waals surface area contributed by atoms with E-state index in [4.69, 9.17) is 10.6 Å². The van der Waals surface area contributed by atoms with Crippen LogP contribution in [0.3, 0.4) is 0 Å². The third kappa shape index (κ3) is 5.14. The third-order valence-electron chi connectivity index (χ3n) is 3.80. The molecule has 1 amide bonds. The molecule has 1 atom stereocenters. The van der Waals surface area contributed by atoms with E-state index in [-0.39, 0.29) is 11.3 Å². The number of carbonyl (C=O) groups is 1. The number of amides is 1. The highest BCUT2D eigenvalue weighted by Gasteiger charge is 2.36. The molecule has 3 N–H and O–H groups in total. The van der Waals surface area contributed by atoms with Crippen molar-refractivity contribution in [1.29, 1.82) is 0 Å². The summed E-state index contributed by atoms with van der Waals surface area (Å²) in [5.41, 5.74) is 7.14. The molecule has 0 bridgehead atoms. The molecular formula is C19H24N2O5S. The quantitative estimate of drug-likeness (QED) is 0.634. The number of nitrogens with zero attached hydrogens (tertiary/aromatic N) is 1. The van der Waals surface area contributed by atoms with Gasteiger partial charge in [-0.2, -0.15) is 0 Å². The van der Waals surface area contributed by atoms with Gasteiger partial charge in [0, 0.05) is 6.61 Å². The molecule has 2 rings (SSSR count). The second-order valence-electron chi connectivity index (χ2n) is 6.24. The van der Waals surface area contributed by atoms with Crippen LogP contribution in [0.25, 0.3) is 11.1 Å². The number of hydroxylamine groups is 1. The van der Waals surface area contributed by atoms with E-state index < -0.39 is 34.7 Å². The largest absolute Gasteiger partial charge is 0.396 e. The van der Waals surface area contributed by atoms with Gasteiger partial charge in [-0.05, 0) is 43.5 Å². The van der Waals surface area contributed by atoms with E-state index in [0.29, 0.717) is 4.47 Å². The van der Waals surface area contributed by atoms with E-state index in [1.165, 1.54) is 12.1 Å². The van der Waals surface area contributed by atoms with Crippen molar-refractivity contribution in [2.24, 2.45) is 5.73 Å². The lowest BCUT2D eigenvalue weighted by atomic mass is 10.1. The number of benzene rings is 2. The number of carbonyl (C=O) groups excluding carboxylic acids is 1. The minimum absolute atomic E-state index is 0.0352. The third-order valence-corrected chi connectivity index (χ3v) is 5.48. The average Bonchev–Trinajstić information content (AvgIpc) is 2.65. The Balaban J connectivity index is 2.41. The fourth-order valence-corrected chi connectivity index (χ4v) is 4.05. The van der Waals surface area contributed by atoms with Gasteiger partial charge in [0.1, 0.15) is 6.04 Å². The molecule has 146 valence electrons. The minimum atomic E-state index is -4.16. The van der Waals surface area contributed by atoms with E-state index in [9.17, 15) is 18.3 Å². The summed E-state index contributed by atoms with van der Waals surface area (Å²) in [6, 6.07) is 14.5. The van der Waals surface area contributed by atoms with Crippen LogP contribution < -0.4 is 5.73 Å². The molecule has 0 spiro atoms. The van der Waals surface area contributed by atoms with Crippen LogP contribution in [0.15, 0.2) is 59.5 Å². The highest BCUT2D eigenvalue weighted by Crippen LogP contribution is 2.25. The van der Waals surface area contributed by atoms with Gasteiger partial charge in [0.15, 0.2) is 0 Å². The van der Waals surface area contributed by atoms with E-state index in [1.807, 2.05) is 30.3 Å². The van der Waals surface area contributed by atoms with Crippen molar-refractivity contribution < 1.29 is 23.2 Å². The smallest absolute Gasteiger partial charge is 0.265 e. The molecule has 0 saturated carbocycles. The lowest BCUT2D eigenvalue weighted by Gasteiger charge is -2.29. The van der Waals surface area contributed by atoms with Crippen molar-refractivity contribution in [3.63, 3.8) is 0 Å². The molecule has 8 heteroatoms. The molecule has 0 aliphatic carbocycles. The van der Waals surface area contributed by atoms with Gasteiger partial charge in [-0.3, -0.25) is 9.63 Å². The maximum absolute atomic E-state index is 13.0. The van der Waals surface area contributed by atoms with Gasteiger partial charge in [-0.1, -0.05) is 46.9 Å². The van der Waals surface area contributed by atoms with Crippen LogP contribution in [0.1, 0.15) is 20.3 Å². The number of aliphatic hydroxyl groups excluding tert-OH is 1. The Morgan fingerprint density at radius 2 is 1.63 bits per heavy atom. The van der Waals surface area contributed by atoms with Gasteiger partial charge in [0.05, 0.1) is 11.0 Å². The maximum atomic E-state index is 13.0. The van der Waals surface area contributed by atoms with Crippen LogP contribution >= 0.6 is 0 Å². The SMILES string of the molecule is CC(C)ON(C(CCO)C(N)=O)S(=O)(=O)c1ccc(-c2ccccc2)cc1. The summed E-state index contributed by atoms with van der Waals surface area (Å²) in [6.45, 7) is 2.87. The molecule has 0 aromatic heterocycles. The fraction of sp³-hybridized carbons (Fsp3) is 0.316.